The van der Waals surface area contributed by atoms with Crippen molar-refractivity contribution >= 4 is 105 Å². The van der Waals surface area contributed by atoms with E-state index >= 15 is 0 Å². The molecule has 122 heavy (non-hydrogen) atoms. The Morgan fingerprint density at radius 2 is 0.828 bits per heavy atom. The van der Waals surface area contributed by atoms with Crippen molar-refractivity contribution in [3.05, 3.63) is 55.6 Å². The molecule has 1 unspecified atom stereocenters. The van der Waals surface area contributed by atoms with Crippen LogP contribution < -0.4 is 47.7 Å². The Kier molecular flexibility index (Phi) is 45.6. The third-order valence-corrected chi connectivity index (χ3v) is 38.9. The molecule has 0 radical (unpaired) electrons. The van der Waals surface area contributed by atoms with Crippen LogP contribution in [0, 0.1) is 29.6 Å². The topological polar surface area (TPSA) is 406 Å². The van der Waals surface area contributed by atoms with Crippen molar-refractivity contribution in [2.45, 2.75) is 337 Å². The van der Waals surface area contributed by atoms with Gasteiger partial charge in [0.25, 0.3) is 0 Å². The van der Waals surface area contributed by atoms with Crippen molar-refractivity contribution in [1.82, 2.24) is 42.5 Å². The number of carboxylic acid groups (broad SMARTS) is 1. The van der Waals surface area contributed by atoms with E-state index in [9.17, 15) is 52.7 Å². The van der Waals surface area contributed by atoms with E-state index in [1.807, 2.05) is 65.8 Å². The first kappa shape index (κ1) is 115. The first-order valence-electron chi connectivity index (χ1n) is 42.1. The number of carboxylic acids is 1. The summed E-state index contributed by atoms with van der Waals surface area (Å²) in [6.07, 6.45) is 2.36. The fourth-order valence-electron chi connectivity index (χ4n) is 11.2. The molecule has 8 amide bonds. The summed E-state index contributed by atoms with van der Waals surface area (Å²) in [6, 6.07) is 7.91. The molecule has 3 saturated heterocycles. The summed E-state index contributed by atoms with van der Waals surface area (Å²) in [7, 11) is -5.56. The number of carbonyl (C=O) groups is 11. The summed E-state index contributed by atoms with van der Waals surface area (Å²) < 4.78 is 63.0. The van der Waals surface area contributed by atoms with E-state index in [1.54, 1.807) is 75.5 Å². The number of hydrogen-bond acceptors (Lipinski definition) is 22. The Balaban J connectivity index is 0.00000154. The van der Waals surface area contributed by atoms with Crippen molar-refractivity contribution < 1.29 is 108 Å². The van der Waals surface area contributed by atoms with Crippen LogP contribution in [0.15, 0.2) is 55.6 Å². The number of methoxy groups -OCH3 is 1. The molecular formula is C87H160N8O23Si4. The number of amides is 8. The van der Waals surface area contributed by atoms with Gasteiger partial charge >= 0.3 is 51.0 Å². The van der Waals surface area contributed by atoms with E-state index in [4.69, 9.17) is 55.7 Å². The molecule has 3 heterocycles. The van der Waals surface area contributed by atoms with E-state index in [0.29, 0.717) is 39.4 Å². The van der Waals surface area contributed by atoms with E-state index in [1.165, 1.54) is 7.11 Å². The minimum Gasteiger partial charge on any atom is -0.481 e. The fourth-order valence-corrected chi connectivity index (χ4v) is 17.8. The number of nitrogens with one attached hydrogen (secondary N) is 8. The third-order valence-electron chi connectivity index (χ3n) is 21.2. The monoisotopic (exact) mass is 1800 g/mol. The normalized spacial score (nSPS) is 19.6. The molecular weight excluding hydrogens is 1640 g/mol. The first-order chi connectivity index (χ1) is 55.1. The summed E-state index contributed by atoms with van der Waals surface area (Å²) in [6.45, 7) is 76.6. The lowest BCUT2D eigenvalue weighted by Gasteiger charge is -2.41. The van der Waals surface area contributed by atoms with Gasteiger partial charge in [0.2, 0.25) is 17.7 Å². The third kappa shape index (κ3) is 44.1. The number of hydrogen-bond donors (Lipinski definition) is 9. The predicted octanol–water partition coefficient (Wildman–Crippen LogP) is 14.5. The molecule has 0 spiro atoms. The second kappa shape index (κ2) is 48.4. The Morgan fingerprint density at radius 3 is 1.20 bits per heavy atom. The number of carbonyl (C=O) groups excluding carboxylic acids is 10. The SMILES string of the molecule is C=C[C@@H](CO[Si](C)(C)C(C)(C)C)[C@@H](CC(=O)OC)NC(=O)OC(C)(C)C.C=C[C@@H](CO[Si](C)(C)C(C)(C)C)[C@@H](CCO[Si](OC)(c1ccccc1)C(C)(C)C)NC(=O)OC(C)(C)C.CC(C)(C)OC(=O)N[C@@H]1CC(=O)NC[C@H]1C(=O)O.CC(C)(C)OC(=O)N[C@@H]1CC(=O)NC[C@H]1C=O.CC(C)(C)OC(=O)N[C@@H]1CC(=O)NC[C@H]1CO[Si](C)(C)C(C)(C)C. The second-order valence-corrected chi connectivity index (χ2v) is 60.1. The average molecular weight is 1800 g/mol. The van der Waals surface area contributed by atoms with Crippen LogP contribution >= 0.6 is 0 Å². The first-order valence-corrected chi connectivity index (χ1v) is 52.6. The summed E-state index contributed by atoms with van der Waals surface area (Å²) in [5.41, 5.74) is -3.04. The van der Waals surface area contributed by atoms with Gasteiger partial charge < -0.3 is 103 Å². The highest BCUT2D eigenvalue weighted by Gasteiger charge is 2.51. The van der Waals surface area contributed by atoms with Gasteiger partial charge in [0.05, 0.1) is 43.5 Å². The van der Waals surface area contributed by atoms with Crippen LogP contribution in [0.3, 0.4) is 0 Å². The van der Waals surface area contributed by atoms with Gasteiger partial charge in [0, 0.05) is 107 Å². The lowest BCUT2D eigenvalue weighted by molar-refractivity contribution is -0.144. The molecule has 1 aromatic rings. The molecule has 31 nitrogen and oxygen atoms in total. The molecule has 3 aliphatic rings. The molecule has 35 heteroatoms. The van der Waals surface area contributed by atoms with Crippen LogP contribution in [0.2, 0.25) is 59.4 Å². The van der Waals surface area contributed by atoms with Crippen LogP contribution in [0.4, 0.5) is 24.0 Å². The average Bonchev–Trinajstić information content (AvgIpc) is 0.773. The molecule has 3 fully saturated rings. The fraction of sp³-hybridized carbons (Fsp3) is 0.759. The lowest BCUT2D eigenvalue weighted by atomic mass is 9.93. The number of piperidine rings is 3. The van der Waals surface area contributed by atoms with Gasteiger partial charge in [0.15, 0.2) is 25.0 Å². The van der Waals surface area contributed by atoms with Crippen LogP contribution in [-0.2, 0) is 79.3 Å². The van der Waals surface area contributed by atoms with Crippen molar-refractivity contribution in [3.63, 3.8) is 0 Å². The lowest BCUT2D eigenvalue weighted by Crippen LogP contribution is -2.60. The smallest absolute Gasteiger partial charge is 0.407 e. The Bertz CT molecular complexity index is 3530. The highest BCUT2D eigenvalue weighted by molar-refractivity contribution is 6.83. The number of rotatable bonds is 28. The molecule has 3 aliphatic heterocycles. The summed E-state index contributed by atoms with van der Waals surface area (Å²) in [4.78, 5) is 128. The summed E-state index contributed by atoms with van der Waals surface area (Å²) in [5.74, 6) is -3.52. The van der Waals surface area contributed by atoms with Gasteiger partial charge in [-0.15, -0.1) is 13.2 Å². The second-order valence-electron chi connectivity index (χ2n) is 41.7. The molecule has 0 saturated carbocycles. The molecule has 0 aromatic heterocycles. The minimum absolute atomic E-state index is 0.00856. The van der Waals surface area contributed by atoms with E-state index in [-0.39, 0.29) is 106 Å². The molecule has 9 N–H and O–H groups in total. The number of alkyl carbamates (subject to hydrolysis) is 5. The van der Waals surface area contributed by atoms with Crippen molar-refractivity contribution in [3.8, 4) is 0 Å². The van der Waals surface area contributed by atoms with Gasteiger partial charge in [-0.05, 0) is 170 Å². The van der Waals surface area contributed by atoms with Gasteiger partial charge in [-0.25, -0.2) is 24.0 Å². The maximum Gasteiger partial charge on any atom is 0.407 e. The Labute approximate surface area is 734 Å². The maximum atomic E-state index is 12.8. The Morgan fingerprint density at radius 1 is 0.475 bits per heavy atom. The van der Waals surface area contributed by atoms with E-state index < -0.39 is 134 Å². The molecule has 0 aliphatic carbocycles. The quantitative estimate of drug-likeness (QED) is 0.0124. The highest BCUT2D eigenvalue weighted by atomic mass is 28.4. The predicted molar refractivity (Wildman–Crippen MR) is 485 cm³/mol. The van der Waals surface area contributed by atoms with E-state index in [0.717, 1.165) is 11.5 Å². The maximum absolute atomic E-state index is 12.8. The standard InChI is InChI=1S/C29H53NO5Si2.C19H37NO5Si.C17H34N2O4Si.C11H18N2O5.C11H18N2O4/c1-14-23(22-34-36(12,13)28(5,6)7)25(30-26(31)35-27(2,3)4)20-21-33-37(32-11,29(8,9)10)24-18-16-15-17-19-24;1-11-14(13-24-26(9,10)19(5,6)7)15(12-16(21)23-8)20-17(22)25-18(2,3)4;1-16(2,3)23-15(21)19-13-9-14(20)18-10-12(13)11-22-24(7,8)17(4,5)6;1-11(2,3)18-10(17)13-7-4-8(14)12-5-6(7)9(15)16;1-11(2,3)17-10(16)13-8-4-9(15)12-5-7(8)6-14/h14-19,23,25H,1,20-22H2,2-13H3,(H,30,31);11,14-15H,1,12-13H2,2-10H3,(H,20,22);12-13H,9-11H2,1-8H3,(H,18,20)(H,19,21);6-7H,4-5H2,1-3H3,(H,12,14)(H,13,17)(H,15,16);6-8H,4-5H2,1-3H3,(H,12,15)(H,13,16)/t23-,25+,37?;14-,15+;12-,13+;6-,7-;7-,8+/m00010/s1. The van der Waals surface area contributed by atoms with Crippen LogP contribution in [0.1, 0.15) is 219 Å². The molecule has 4 rings (SSSR count). The van der Waals surface area contributed by atoms with Gasteiger partial charge in [-0.2, -0.15) is 0 Å². The van der Waals surface area contributed by atoms with Crippen molar-refractivity contribution in [1.29, 1.82) is 0 Å². The number of aldehydes is 1. The number of aliphatic carboxylic acids is 1. The van der Waals surface area contributed by atoms with Crippen LogP contribution in [0.5, 0.6) is 0 Å². The summed E-state index contributed by atoms with van der Waals surface area (Å²) in [5, 5.41) is 31.7. The zero-order valence-corrected chi connectivity index (χ0v) is 84.7. The van der Waals surface area contributed by atoms with Crippen molar-refractivity contribution in [2.24, 2.45) is 29.6 Å². The van der Waals surface area contributed by atoms with E-state index in [2.05, 4.69) is 190 Å². The molecule has 1 aromatic carbocycles. The largest absolute Gasteiger partial charge is 0.481 e. The van der Waals surface area contributed by atoms with Crippen molar-refractivity contribution in [2.75, 3.05) is 60.3 Å². The zero-order valence-electron chi connectivity index (χ0n) is 80.7. The minimum atomic E-state index is -2.80. The number of benzene rings is 1. The number of ether oxygens (including phenoxy) is 6. The zero-order chi connectivity index (χ0) is 95.2. The summed E-state index contributed by atoms with van der Waals surface area (Å²) >= 11 is 0. The van der Waals surface area contributed by atoms with Crippen LogP contribution in [-0.4, -0.2) is 224 Å². The molecule has 702 valence electrons. The highest BCUT2D eigenvalue weighted by Crippen LogP contribution is 2.41. The Hall–Kier alpha value is -7.26. The van der Waals surface area contributed by atoms with Crippen LogP contribution in [0.25, 0.3) is 0 Å². The van der Waals surface area contributed by atoms with Gasteiger partial charge in [-0.3, -0.25) is 24.0 Å². The molecule has 0 bridgehead atoms. The number of esters is 1. The van der Waals surface area contributed by atoms with Gasteiger partial charge in [-0.1, -0.05) is 126 Å². The molecule has 11 atom stereocenters. The van der Waals surface area contributed by atoms with Gasteiger partial charge in [0.1, 0.15) is 34.3 Å².